The number of sulfonamides is 2. The van der Waals surface area contributed by atoms with Gasteiger partial charge >= 0.3 is 7.12 Å². The minimum absolute atomic E-state index is 0.212. The van der Waals surface area contributed by atoms with Gasteiger partial charge in [-0.2, -0.15) is 10.2 Å². The summed E-state index contributed by atoms with van der Waals surface area (Å²) in [6.45, 7) is 7.98. The molecule has 0 unspecified atom stereocenters. The lowest BCUT2D eigenvalue weighted by molar-refractivity contribution is 0.00578. The van der Waals surface area contributed by atoms with Crippen LogP contribution in [-0.4, -0.2) is 80.9 Å². The van der Waals surface area contributed by atoms with E-state index in [1.807, 2.05) is 78.4 Å². The number of aromatic nitrogens is 4. The van der Waals surface area contributed by atoms with Gasteiger partial charge in [0.25, 0.3) is 0 Å². The Hall–Kier alpha value is -3.26. The molecule has 2 aromatic heterocycles. The largest absolute Gasteiger partial charge is 0.497 e. The van der Waals surface area contributed by atoms with Crippen molar-refractivity contribution in [3.63, 3.8) is 0 Å². The van der Waals surface area contributed by atoms with E-state index in [4.69, 9.17) is 9.31 Å². The number of rotatable bonds is 10. The Morgan fingerprint density at radius 1 is 0.672 bits per heavy atom. The van der Waals surface area contributed by atoms with E-state index in [1.165, 1.54) is 52.6 Å². The third-order valence-electron chi connectivity index (χ3n) is 11.3. The minimum atomic E-state index is -3.55. The summed E-state index contributed by atoms with van der Waals surface area (Å²) >= 11 is 3.20. The number of hydrogen-bond acceptors (Lipinski definition) is 10. The number of nitrogens with one attached hydrogen (secondary N) is 4. The van der Waals surface area contributed by atoms with Gasteiger partial charge in [0.1, 0.15) is 4.60 Å². The molecule has 0 bridgehead atoms. The summed E-state index contributed by atoms with van der Waals surface area (Å²) in [7, 11) is -1.08. The Balaban J connectivity index is 0.000000190. The molecule has 4 N–H and O–H groups in total. The van der Waals surface area contributed by atoms with Gasteiger partial charge in [-0.1, -0.05) is 38.5 Å². The van der Waals surface area contributed by atoms with Crippen molar-refractivity contribution in [3.8, 4) is 11.3 Å². The molecule has 2 aliphatic carbocycles. The Morgan fingerprint density at radius 2 is 1.14 bits per heavy atom. The van der Waals surface area contributed by atoms with Crippen LogP contribution in [-0.2, 0) is 43.5 Å². The molecule has 2 aromatic carbocycles. The molecule has 3 aliphatic rings. The standard InChI is InChI=1S/C19H31BN2O4S.C17H24N4O2S.C4H5BrN2/c1-18(2)19(3,4)26-20(25-18)16-13-15(27(23,24)21-5)11-12-17(16)22-14-9-7-6-8-10-14;1-18-24(22,23)14-8-9-16(19-13-6-4-3-5-7-13)15(12-14)17-10-11-21(2)20-17;1-7-3-2-4(5)6-7/h11-14,21-22H,6-10H2,1-5H3;8-13,18-19H,3-7H2,1-2H3;2-3H,1H3. The second-order valence-electron chi connectivity index (χ2n) is 16.1. The van der Waals surface area contributed by atoms with Gasteiger partial charge in [-0.05, 0) is 132 Å². The summed E-state index contributed by atoms with van der Waals surface area (Å²) in [4.78, 5) is 0.462. The lowest BCUT2D eigenvalue weighted by Gasteiger charge is -2.32. The highest BCUT2D eigenvalue weighted by atomic mass is 79.9. The molecule has 7 rings (SSSR count). The van der Waals surface area contributed by atoms with Gasteiger partial charge in [0.2, 0.25) is 20.0 Å². The highest BCUT2D eigenvalue weighted by Crippen LogP contribution is 2.38. The number of aryl methyl sites for hydroxylation is 2. The number of benzene rings is 2. The van der Waals surface area contributed by atoms with Crippen molar-refractivity contribution in [1.29, 1.82) is 0 Å². The second-order valence-corrected chi connectivity index (χ2v) is 20.7. The van der Waals surface area contributed by atoms with Gasteiger partial charge < -0.3 is 19.9 Å². The van der Waals surface area contributed by atoms with Crippen molar-refractivity contribution in [2.24, 2.45) is 14.1 Å². The summed E-state index contributed by atoms with van der Waals surface area (Å²) in [6, 6.07) is 14.9. The van der Waals surface area contributed by atoms with E-state index in [0.29, 0.717) is 12.1 Å². The van der Waals surface area contributed by atoms with Crippen LogP contribution in [0.25, 0.3) is 11.3 Å². The van der Waals surface area contributed by atoms with E-state index in [-0.39, 0.29) is 9.79 Å². The summed E-state index contributed by atoms with van der Waals surface area (Å²) in [5.74, 6) is 0. The Kier molecular flexibility index (Phi) is 15.3. The first-order chi connectivity index (χ1) is 27.3. The first-order valence-corrected chi connectivity index (χ1v) is 23.8. The van der Waals surface area contributed by atoms with E-state index >= 15 is 0 Å². The third kappa shape index (κ3) is 11.7. The molecule has 3 heterocycles. The number of anilines is 2. The molecule has 0 radical (unpaired) electrons. The van der Waals surface area contributed by atoms with Crippen LogP contribution in [0, 0.1) is 0 Å². The first kappa shape index (κ1) is 45.8. The number of halogens is 1. The lowest BCUT2D eigenvalue weighted by Crippen LogP contribution is -2.41. The van der Waals surface area contributed by atoms with Crippen molar-refractivity contribution in [2.45, 2.75) is 125 Å². The summed E-state index contributed by atoms with van der Waals surface area (Å²) in [6.07, 6.45) is 15.8. The van der Waals surface area contributed by atoms with E-state index < -0.39 is 38.4 Å². The average molecular weight is 904 g/mol. The van der Waals surface area contributed by atoms with Crippen molar-refractivity contribution < 1.29 is 26.1 Å². The quantitative estimate of drug-likeness (QED) is 0.128. The van der Waals surface area contributed by atoms with Crippen molar-refractivity contribution in [3.05, 3.63) is 65.5 Å². The minimum Gasteiger partial charge on any atom is -0.399 e. The molecule has 1 saturated heterocycles. The molecule has 3 fully saturated rings. The Morgan fingerprint density at radius 3 is 1.57 bits per heavy atom. The summed E-state index contributed by atoms with van der Waals surface area (Å²) < 4.78 is 70.4. The van der Waals surface area contributed by atoms with Crippen molar-refractivity contribution in [1.82, 2.24) is 29.0 Å². The van der Waals surface area contributed by atoms with Gasteiger partial charge in [0.15, 0.2) is 0 Å². The first-order valence-electron chi connectivity index (χ1n) is 20.0. The van der Waals surface area contributed by atoms with Crippen LogP contribution in [0.2, 0.25) is 0 Å². The highest BCUT2D eigenvalue weighted by Gasteiger charge is 2.52. The Bertz CT molecular complexity index is 2170. The van der Waals surface area contributed by atoms with Crippen LogP contribution in [0.4, 0.5) is 11.4 Å². The molecule has 4 aromatic rings. The summed E-state index contributed by atoms with van der Waals surface area (Å²) in [5, 5.41) is 15.6. The SMILES string of the molecule is CNS(=O)(=O)c1ccc(NC2CCCCC2)c(-c2ccn(C)n2)c1.CNS(=O)(=O)c1ccc(NC2CCCCC2)c(B2OC(C)(C)C(C)(C)O2)c1.Cn1ccc(Br)n1. The zero-order valence-corrected chi connectivity index (χ0v) is 38.2. The number of nitrogens with zero attached hydrogens (tertiary/aromatic N) is 4. The normalized spacial score (nSPS) is 18.5. The van der Waals surface area contributed by atoms with E-state index in [0.717, 1.165) is 58.4 Å². The molecule has 58 heavy (non-hydrogen) atoms. The van der Waals surface area contributed by atoms with Crippen LogP contribution >= 0.6 is 15.9 Å². The summed E-state index contributed by atoms with van der Waals surface area (Å²) in [5.41, 5.74) is 3.16. The van der Waals surface area contributed by atoms with Gasteiger partial charge in [0.05, 0.1) is 26.7 Å². The maximum atomic E-state index is 12.3. The van der Waals surface area contributed by atoms with Gasteiger partial charge in [-0.15, -0.1) is 0 Å². The maximum absolute atomic E-state index is 12.3. The molecule has 2 saturated carbocycles. The predicted octanol–water partition coefficient (Wildman–Crippen LogP) is 6.56. The van der Waals surface area contributed by atoms with E-state index in [9.17, 15) is 16.8 Å². The molecule has 1 aliphatic heterocycles. The fourth-order valence-electron chi connectivity index (χ4n) is 7.15. The fourth-order valence-corrected chi connectivity index (χ4v) is 9.04. The van der Waals surface area contributed by atoms with Crippen molar-refractivity contribution in [2.75, 3.05) is 24.7 Å². The highest BCUT2D eigenvalue weighted by molar-refractivity contribution is 9.10. The van der Waals surface area contributed by atoms with Crippen LogP contribution in [0.5, 0.6) is 0 Å². The topological polar surface area (TPSA) is 170 Å². The molecule has 0 atom stereocenters. The fraction of sp³-hybridized carbons (Fsp3) is 0.550. The van der Waals surface area contributed by atoms with Crippen LogP contribution < -0.4 is 25.5 Å². The lowest BCUT2D eigenvalue weighted by atomic mass is 9.77. The molecule has 0 spiro atoms. The molecule has 14 nitrogen and oxygen atoms in total. The number of hydrogen-bond donors (Lipinski definition) is 4. The van der Waals surface area contributed by atoms with Gasteiger partial charge in [0, 0.05) is 61.0 Å². The predicted molar refractivity (Wildman–Crippen MR) is 235 cm³/mol. The molecular formula is C40H60BBrN8O6S2. The van der Waals surface area contributed by atoms with Gasteiger partial charge in [-0.25, -0.2) is 26.3 Å². The second kappa shape index (κ2) is 19.4. The monoisotopic (exact) mass is 902 g/mol. The molecule has 318 valence electrons. The average Bonchev–Trinajstić information content (AvgIpc) is 3.87. The third-order valence-corrected chi connectivity index (χ3v) is 14.5. The zero-order chi connectivity index (χ0) is 42.3. The maximum Gasteiger partial charge on any atom is 0.497 e. The zero-order valence-electron chi connectivity index (χ0n) is 35.0. The van der Waals surface area contributed by atoms with Crippen molar-refractivity contribution >= 4 is 59.9 Å². The smallest absolute Gasteiger partial charge is 0.399 e. The van der Waals surface area contributed by atoms with E-state index in [2.05, 4.69) is 46.2 Å². The molecule has 18 heteroatoms. The van der Waals surface area contributed by atoms with Crippen LogP contribution in [0.15, 0.2) is 75.3 Å². The molecular weight excluding hydrogens is 843 g/mol. The molecule has 0 amide bonds. The van der Waals surface area contributed by atoms with E-state index in [1.54, 1.807) is 33.6 Å². The van der Waals surface area contributed by atoms with Crippen LogP contribution in [0.1, 0.15) is 91.9 Å². The van der Waals surface area contributed by atoms with Crippen LogP contribution in [0.3, 0.4) is 0 Å². The Labute approximate surface area is 354 Å². The van der Waals surface area contributed by atoms with Gasteiger partial charge in [-0.3, -0.25) is 9.36 Å².